The summed E-state index contributed by atoms with van der Waals surface area (Å²) < 4.78 is 34.1. The van der Waals surface area contributed by atoms with Crippen LogP contribution in [0.15, 0.2) is 53.8 Å². The molecule has 0 radical (unpaired) electrons. The molecule has 134 valence electrons. The molecule has 2 aromatic carbocycles. The normalized spacial score (nSPS) is 10.9. The van der Waals surface area contributed by atoms with E-state index >= 15 is 0 Å². The van der Waals surface area contributed by atoms with E-state index in [1.165, 1.54) is 43.4 Å². The number of ether oxygens (including phenoxy) is 2. The lowest BCUT2D eigenvalue weighted by atomic mass is 10.1. The maximum absolute atomic E-state index is 12.4. The molecule has 0 N–H and O–H groups in total. The molecule has 0 spiro atoms. The number of methoxy groups -OCH3 is 1. The first-order chi connectivity index (χ1) is 12.6. The quantitative estimate of drug-likeness (QED) is 0.350. The molecule has 0 unspecified atom stereocenters. The van der Waals surface area contributed by atoms with Crippen LogP contribution in [0.5, 0.6) is 11.5 Å². The van der Waals surface area contributed by atoms with Crippen LogP contribution in [0.3, 0.4) is 0 Å². The lowest BCUT2D eigenvalue weighted by Crippen LogP contribution is -2.06. The highest BCUT2D eigenvalue weighted by Crippen LogP contribution is 2.31. The maximum atomic E-state index is 12.4. The Bertz CT molecular complexity index is 932. The van der Waals surface area contributed by atoms with E-state index < -0.39 is 6.61 Å². The van der Waals surface area contributed by atoms with Gasteiger partial charge in [-0.2, -0.15) is 8.78 Å². The van der Waals surface area contributed by atoms with Crippen molar-refractivity contribution in [2.75, 3.05) is 12.9 Å². The van der Waals surface area contributed by atoms with Crippen LogP contribution < -0.4 is 9.47 Å². The van der Waals surface area contributed by atoms with Crippen molar-refractivity contribution >= 4 is 28.4 Å². The lowest BCUT2D eigenvalue weighted by molar-refractivity contribution is -0.0512. The Hall–Kier alpha value is -2.74. The molecule has 26 heavy (non-hydrogen) atoms. The third-order valence-corrected chi connectivity index (χ3v) is 4.55. The minimum atomic E-state index is -2.97. The minimum absolute atomic E-state index is 0.0774. The van der Waals surface area contributed by atoms with Gasteiger partial charge in [0.25, 0.3) is 0 Å². The van der Waals surface area contributed by atoms with Gasteiger partial charge >= 0.3 is 6.61 Å². The van der Waals surface area contributed by atoms with Crippen molar-refractivity contribution in [3.05, 3.63) is 54.4 Å². The van der Waals surface area contributed by atoms with E-state index in [1.54, 1.807) is 0 Å². The molecule has 3 aromatic rings. The number of nitrogens with zero attached hydrogens (tertiary/aromatic N) is 2. The smallest absolute Gasteiger partial charge is 0.387 e. The molecule has 0 bridgehead atoms. The molecule has 0 aliphatic carbocycles. The number of benzene rings is 2. The second kappa shape index (κ2) is 8.09. The molecule has 0 atom stereocenters. The van der Waals surface area contributed by atoms with Crippen LogP contribution >= 0.6 is 11.8 Å². The Morgan fingerprint density at radius 1 is 1.15 bits per heavy atom. The van der Waals surface area contributed by atoms with E-state index in [4.69, 9.17) is 4.74 Å². The number of carbonyl (C=O) groups is 1. The van der Waals surface area contributed by atoms with Crippen LogP contribution in [0.2, 0.25) is 0 Å². The van der Waals surface area contributed by atoms with Gasteiger partial charge in [0.05, 0.1) is 18.4 Å². The fraction of sp³-hybridized carbons (Fsp3) is 0.167. The molecule has 0 aliphatic heterocycles. The van der Waals surface area contributed by atoms with Crippen molar-refractivity contribution in [2.45, 2.75) is 11.6 Å². The van der Waals surface area contributed by atoms with Gasteiger partial charge in [-0.05, 0) is 24.3 Å². The van der Waals surface area contributed by atoms with E-state index in [-0.39, 0.29) is 23.0 Å². The number of alkyl halides is 2. The van der Waals surface area contributed by atoms with Crippen LogP contribution in [-0.2, 0) is 0 Å². The Morgan fingerprint density at radius 3 is 2.73 bits per heavy atom. The molecule has 0 aliphatic rings. The summed E-state index contributed by atoms with van der Waals surface area (Å²) in [7, 11) is 1.32. The first kappa shape index (κ1) is 18.1. The number of fused-ring (bicyclic) bond motifs is 1. The van der Waals surface area contributed by atoms with Crippen LogP contribution in [0, 0.1) is 0 Å². The third-order valence-electron chi connectivity index (χ3n) is 3.55. The topological polar surface area (TPSA) is 61.3 Å². The van der Waals surface area contributed by atoms with Gasteiger partial charge in [-0.1, -0.05) is 30.0 Å². The van der Waals surface area contributed by atoms with E-state index in [0.717, 1.165) is 10.9 Å². The molecule has 0 saturated heterocycles. The Balaban J connectivity index is 1.75. The number of hydrogen-bond acceptors (Lipinski definition) is 6. The summed E-state index contributed by atoms with van der Waals surface area (Å²) in [5.41, 5.74) is 1.14. The number of para-hydroxylation sites is 1. The molecule has 8 heteroatoms. The number of hydrogen-bond donors (Lipinski definition) is 0. The summed E-state index contributed by atoms with van der Waals surface area (Å²) in [4.78, 5) is 20.9. The van der Waals surface area contributed by atoms with Crippen LogP contribution in [0.25, 0.3) is 10.9 Å². The van der Waals surface area contributed by atoms with Gasteiger partial charge in [0.2, 0.25) is 0 Å². The fourth-order valence-electron chi connectivity index (χ4n) is 2.35. The van der Waals surface area contributed by atoms with Crippen molar-refractivity contribution in [3.8, 4) is 11.5 Å². The van der Waals surface area contributed by atoms with E-state index in [2.05, 4.69) is 14.7 Å². The SMILES string of the molecule is COc1cc(C(=O)CSc2ncnc3ccccc23)ccc1OC(F)F. The second-order valence-corrected chi connectivity index (χ2v) is 6.12. The largest absolute Gasteiger partial charge is 0.493 e. The fourth-order valence-corrected chi connectivity index (χ4v) is 3.23. The van der Waals surface area contributed by atoms with E-state index in [0.29, 0.717) is 10.6 Å². The molecule has 3 rings (SSSR count). The van der Waals surface area contributed by atoms with Gasteiger partial charge in [-0.25, -0.2) is 9.97 Å². The van der Waals surface area contributed by atoms with Crippen molar-refractivity contribution in [1.29, 1.82) is 0 Å². The summed E-state index contributed by atoms with van der Waals surface area (Å²) in [6.45, 7) is -2.97. The summed E-state index contributed by atoms with van der Waals surface area (Å²) in [6, 6.07) is 11.6. The maximum Gasteiger partial charge on any atom is 0.387 e. The zero-order valence-electron chi connectivity index (χ0n) is 13.7. The predicted octanol–water partition coefficient (Wildman–Crippen LogP) is 4.21. The molecule has 5 nitrogen and oxygen atoms in total. The number of thioether (sulfide) groups is 1. The van der Waals surface area contributed by atoms with Crippen LogP contribution in [0.1, 0.15) is 10.4 Å². The average Bonchev–Trinajstić information content (AvgIpc) is 2.66. The summed E-state index contributed by atoms with van der Waals surface area (Å²) >= 11 is 1.29. The molecule has 0 fully saturated rings. The summed E-state index contributed by atoms with van der Waals surface area (Å²) in [5.74, 6) is -0.0825. The van der Waals surface area contributed by atoms with Crippen molar-refractivity contribution < 1.29 is 23.0 Å². The van der Waals surface area contributed by atoms with Crippen LogP contribution in [0.4, 0.5) is 8.78 Å². The van der Waals surface area contributed by atoms with Gasteiger partial charge in [0, 0.05) is 10.9 Å². The Kier molecular flexibility index (Phi) is 5.62. The molecular weight excluding hydrogens is 362 g/mol. The molecule has 0 amide bonds. The van der Waals surface area contributed by atoms with Gasteiger partial charge in [0.15, 0.2) is 17.3 Å². The Morgan fingerprint density at radius 2 is 1.96 bits per heavy atom. The first-order valence-electron chi connectivity index (χ1n) is 7.57. The van der Waals surface area contributed by atoms with Gasteiger partial charge in [-0.15, -0.1) is 0 Å². The molecule has 1 heterocycles. The Labute approximate surface area is 152 Å². The highest BCUT2D eigenvalue weighted by Gasteiger charge is 2.15. The van der Waals surface area contributed by atoms with Gasteiger partial charge < -0.3 is 9.47 Å². The number of rotatable bonds is 7. The zero-order valence-corrected chi connectivity index (χ0v) is 14.5. The van der Waals surface area contributed by atoms with Gasteiger partial charge in [0.1, 0.15) is 11.4 Å². The average molecular weight is 376 g/mol. The van der Waals surface area contributed by atoms with Crippen molar-refractivity contribution in [2.24, 2.45) is 0 Å². The van der Waals surface area contributed by atoms with Gasteiger partial charge in [-0.3, -0.25) is 4.79 Å². The third kappa shape index (κ3) is 4.08. The van der Waals surface area contributed by atoms with E-state index in [1.807, 2.05) is 24.3 Å². The first-order valence-corrected chi connectivity index (χ1v) is 8.55. The van der Waals surface area contributed by atoms with Crippen molar-refractivity contribution in [3.63, 3.8) is 0 Å². The second-order valence-electron chi connectivity index (χ2n) is 5.15. The zero-order chi connectivity index (χ0) is 18.5. The monoisotopic (exact) mass is 376 g/mol. The highest BCUT2D eigenvalue weighted by molar-refractivity contribution is 8.00. The molecule has 0 saturated carbocycles. The summed E-state index contributed by atoms with van der Waals surface area (Å²) in [5, 5.41) is 1.57. The summed E-state index contributed by atoms with van der Waals surface area (Å²) in [6.07, 6.45) is 1.45. The number of carbonyl (C=O) groups excluding carboxylic acids is 1. The number of halogens is 2. The molecular formula is C18H14F2N2O3S. The molecule has 1 aromatic heterocycles. The number of ketones is 1. The van der Waals surface area contributed by atoms with Crippen molar-refractivity contribution in [1.82, 2.24) is 9.97 Å². The lowest BCUT2D eigenvalue weighted by Gasteiger charge is -2.11. The number of Topliss-reactive ketones (excluding diaryl/α,β-unsaturated/α-hetero) is 1. The number of aromatic nitrogens is 2. The minimum Gasteiger partial charge on any atom is -0.493 e. The van der Waals surface area contributed by atoms with Crippen LogP contribution in [-0.4, -0.2) is 35.2 Å². The standard InChI is InChI=1S/C18H14F2N2O3S/c1-24-16-8-11(6-7-15(16)25-18(19)20)14(23)9-26-17-12-4-2-3-5-13(12)21-10-22-17/h2-8,10,18H,9H2,1H3. The predicted molar refractivity (Wildman–Crippen MR) is 94.2 cm³/mol. The van der Waals surface area contributed by atoms with E-state index in [9.17, 15) is 13.6 Å². The highest BCUT2D eigenvalue weighted by atomic mass is 32.2.